The van der Waals surface area contributed by atoms with Crippen molar-refractivity contribution in [3.8, 4) is 0 Å². The molecule has 286 valence electrons. The number of nitrogens with one attached hydrogen (secondary N) is 2. The molecule has 12 nitrogen and oxygen atoms in total. The summed E-state index contributed by atoms with van der Waals surface area (Å²) in [4.78, 5) is 58.5. The quantitative estimate of drug-likeness (QED) is 0.0746. The van der Waals surface area contributed by atoms with Crippen molar-refractivity contribution in [1.82, 2.24) is 25.1 Å². The fraction of sp³-hybridized carbons (Fsp3) is 0.279. The minimum atomic E-state index is -1.22. The van der Waals surface area contributed by atoms with Crippen molar-refractivity contribution in [2.24, 2.45) is 0 Å². The van der Waals surface area contributed by atoms with Crippen LogP contribution in [-0.4, -0.2) is 76.9 Å². The van der Waals surface area contributed by atoms with E-state index < -0.39 is 47.8 Å². The van der Waals surface area contributed by atoms with E-state index in [1.165, 1.54) is 12.0 Å². The third-order valence-corrected chi connectivity index (χ3v) is 8.72. The Balaban J connectivity index is 1.49. The lowest BCUT2D eigenvalue weighted by molar-refractivity contribution is -0.147. The van der Waals surface area contributed by atoms with E-state index in [0.717, 1.165) is 22.3 Å². The number of rotatable bonds is 15. The van der Waals surface area contributed by atoms with Crippen LogP contribution in [0.3, 0.4) is 0 Å². The van der Waals surface area contributed by atoms with Crippen molar-refractivity contribution in [3.05, 3.63) is 162 Å². The lowest BCUT2D eigenvalue weighted by Gasteiger charge is -2.37. The number of nitrogens with zero attached hydrogens (tertiary/aromatic N) is 3. The fourth-order valence-electron chi connectivity index (χ4n) is 6.27. The van der Waals surface area contributed by atoms with Gasteiger partial charge in [-0.2, -0.15) is 0 Å². The van der Waals surface area contributed by atoms with Gasteiger partial charge < -0.3 is 34.3 Å². The second-order valence-corrected chi connectivity index (χ2v) is 13.8. The smallest absolute Gasteiger partial charge is 0.408 e. The molecule has 5 aromatic rings. The number of alkyl carbamates (subject to hydrolysis) is 2. The van der Waals surface area contributed by atoms with Gasteiger partial charge in [0, 0.05) is 25.7 Å². The van der Waals surface area contributed by atoms with E-state index >= 15 is 0 Å². The predicted octanol–water partition coefficient (Wildman–Crippen LogP) is 6.09. The first-order valence-corrected chi connectivity index (χ1v) is 18.0. The second kappa shape index (κ2) is 18.6. The van der Waals surface area contributed by atoms with Crippen molar-refractivity contribution < 1.29 is 33.4 Å². The van der Waals surface area contributed by atoms with Gasteiger partial charge in [-0.05, 0) is 43.0 Å². The molecule has 1 heterocycles. The molecule has 0 bridgehead atoms. The van der Waals surface area contributed by atoms with Crippen molar-refractivity contribution in [3.63, 3.8) is 0 Å². The van der Waals surface area contributed by atoms with Crippen LogP contribution in [-0.2, 0) is 42.4 Å². The molecule has 0 spiro atoms. The van der Waals surface area contributed by atoms with E-state index in [2.05, 4.69) is 47.0 Å². The minimum Gasteiger partial charge on any atom is -0.468 e. The van der Waals surface area contributed by atoms with Crippen molar-refractivity contribution in [1.29, 1.82) is 0 Å². The van der Waals surface area contributed by atoms with Crippen molar-refractivity contribution >= 4 is 24.1 Å². The zero-order valence-corrected chi connectivity index (χ0v) is 31.5. The minimum absolute atomic E-state index is 0.0261. The van der Waals surface area contributed by atoms with Crippen LogP contribution in [0.5, 0.6) is 0 Å². The molecular formula is C43H47N5O7. The first-order valence-electron chi connectivity index (χ1n) is 18.0. The summed E-state index contributed by atoms with van der Waals surface area (Å²) in [5, 5.41) is 5.33. The number of hydrogen-bond donors (Lipinski definition) is 2. The molecule has 0 aliphatic carbocycles. The average molecular weight is 746 g/mol. The molecule has 0 saturated carbocycles. The summed E-state index contributed by atoms with van der Waals surface area (Å²) < 4.78 is 17.7. The van der Waals surface area contributed by atoms with Crippen LogP contribution in [0.1, 0.15) is 48.7 Å². The van der Waals surface area contributed by atoms with Crippen LogP contribution < -0.4 is 10.6 Å². The third-order valence-electron chi connectivity index (χ3n) is 8.72. The normalized spacial score (nSPS) is 11.9. The monoisotopic (exact) mass is 745 g/mol. The van der Waals surface area contributed by atoms with Gasteiger partial charge in [0.1, 0.15) is 30.3 Å². The zero-order chi connectivity index (χ0) is 39.3. The lowest BCUT2D eigenvalue weighted by Crippen LogP contribution is -2.52. The number of imidazole rings is 1. The average Bonchev–Trinajstić information content (AvgIpc) is 3.66. The fourth-order valence-corrected chi connectivity index (χ4v) is 6.27. The molecule has 0 radical (unpaired) electrons. The molecule has 4 aromatic carbocycles. The summed E-state index contributed by atoms with van der Waals surface area (Å²) in [6, 6.07) is 38.1. The first kappa shape index (κ1) is 39.8. The van der Waals surface area contributed by atoms with Gasteiger partial charge in [-0.15, -0.1) is 0 Å². The highest BCUT2D eigenvalue weighted by atomic mass is 16.6. The number of aromatic nitrogens is 2. The van der Waals surface area contributed by atoms with Gasteiger partial charge in [0.2, 0.25) is 5.91 Å². The van der Waals surface area contributed by atoms with E-state index in [9.17, 15) is 19.2 Å². The number of amides is 3. The van der Waals surface area contributed by atoms with Crippen LogP contribution in [0.4, 0.5) is 9.59 Å². The van der Waals surface area contributed by atoms with E-state index in [4.69, 9.17) is 19.2 Å². The highest BCUT2D eigenvalue weighted by molar-refractivity contribution is 5.88. The standard InChI is InChI=1S/C43H47N5O7/c1-42(2,3)55-40(51)44-25-26-47(29-38(49)53-4)39(50)37(46-41(52)54-30-32-17-9-5-10-18-32)27-36-28-48(31-45-36)43(33-19-11-6-12-20-33,34-21-13-7-14-22-34)35-23-15-8-16-24-35/h5-24,28,31,37H,25-27,29-30H2,1-4H3,(H,44,51)(H,46,52). The van der Waals surface area contributed by atoms with E-state index in [1.807, 2.05) is 95.7 Å². The number of carbonyl (C=O) groups excluding carboxylic acids is 4. The van der Waals surface area contributed by atoms with E-state index in [0.29, 0.717) is 5.69 Å². The van der Waals surface area contributed by atoms with Crippen LogP contribution in [0, 0.1) is 0 Å². The predicted molar refractivity (Wildman–Crippen MR) is 207 cm³/mol. The summed E-state index contributed by atoms with van der Waals surface area (Å²) in [5.41, 5.74) is 2.59. The lowest BCUT2D eigenvalue weighted by atomic mass is 9.77. The molecule has 55 heavy (non-hydrogen) atoms. The van der Waals surface area contributed by atoms with Crippen LogP contribution >= 0.6 is 0 Å². The Morgan fingerprint density at radius 2 is 1.29 bits per heavy atom. The van der Waals surface area contributed by atoms with Crippen LogP contribution in [0.25, 0.3) is 0 Å². The number of esters is 1. The number of methoxy groups -OCH3 is 1. The van der Waals surface area contributed by atoms with Crippen LogP contribution in [0.2, 0.25) is 0 Å². The molecule has 1 aromatic heterocycles. The molecule has 0 aliphatic rings. The van der Waals surface area contributed by atoms with Crippen molar-refractivity contribution in [2.45, 2.75) is 51.0 Å². The van der Waals surface area contributed by atoms with Gasteiger partial charge in [0.05, 0.1) is 19.1 Å². The second-order valence-electron chi connectivity index (χ2n) is 13.8. The van der Waals surface area contributed by atoms with Gasteiger partial charge in [-0.25, -0.2) is 14.6 Å². The molecule has 3 amide bonds. The Morgan fingerprint density at radius 3 is 1.80 bits per heavy atom. The molecule has 0 saturated heterocycles. The Morgan fingerprint density at radius 1 is 0.764 bits per heavy atom. The SMILES string of the molecule is COC(=O)CN(CCNC(=O)OC(C)(C)C)C(=O)C(Cc1cn(C(c2ccccc2)(c2ccccc2)c2ccccc2)cn1)NC(=O)OCc1ccccc1. The third kappa shape index (κ3) is 10.6. The Kier molecular flexibility index (Phi) is 13.4. The first-order chi connectivity index (χ1) is 26.5. The number of benzene rings is 4. The molecule has 12 heteroatoms. The molecule has 1 unspecified atom stereocenters. The number of carbonyl (C=O) groups is 4. The zero-order valence-electron chi connectivity index (χ0n) is 31.5. The number of hydrogen-bond acceptors (Lipinski definition) is 8. The highest BCUT2D eigenvalue weighted by Gasteiger charge is 2.39. The van der Waals surface area contributed by atoms with Gasteiger partial charge in [0.25, 0.3) is 0 Å². The molecule has 0 aliphatic heterocycles. The Labute approximate surface area is 321 Å². The summed E-state index contributed by atoms with van der Waals surface area (Å²) in [5.74, 6) is -1.29. The molecule has 1 atom stereocenters. The summed E-state index contributed by atoms with van der Waals surface area (Å²) in [6.45, 7) is 4.62. The van der Waals surface area contributed by atoms with Gasteiger partial charge in [0.15, 0.2) is 0 Å². The van der Waals surface area contributed by atoms with Crippen LogP contribution in [0.15, 0.2) is 134 Å². The Bertz CT molecular complexity index is 1900. The summed E-state index contributed by atoms with van der Waals surface area (Å²) in [6.07, 6.45) is 2.01. The van der Waals surface area contributed by atoms with Crippen molar-refractivity contribution in [2.75, 3.05) is 26.7 Å². The maximum Gasteiger partial charge on any atom is 0.408 e. The molecular weight excluding hydrogens is 699 g/mol. The maximum absolute atomic E-state index is 14.4. The molecule has 2 N–H and O–H groups in total. The highest BCUT2D eigenvalue weighted by Crippen LogP contribution is 2.40. The van der Waals surface area contributed by atoms with Gasteiger partial charge in [-0.1, -0.05) is 121 Å². The largest absolute Gasteiger partial charge is 0.468 e. The summed E-state index contributed by atoms with van der Waals surface area (Å²) in [7, 11) is 1.21. The maximum atomic E-state index is 14.4. The van der Waals surface area contributed by atoms with E-state index in [1.54, 1.807) is 27.1 Å². The van der Waals surface area contributed by atoms with Gasteiger partial charge in [-0.3, -0.25) is 9.59 Å². The topological polar surface area (TPSA) is 141 Å². The van der Waals surface area contributed by atoms with Gasteiger partial charge >= 0.3 is 18.2 Å². The summed E-state index contributed by atoms with van der Waals surface area (Å²) >= 11 is 0. The number of ether oxygens (including phenoxy) is 3. The molecule has 5 rings (SSSR count). The van der Waals surface area contributed by atoms with E-state index in [-0.39, 0.29) is 26.1 Å². The molecule has 0 fully saturated rings. The Hall–Kier alpha value is -6.43.